The van der Waals surface area contributed by atoms with Crippen LogP contribution in [0, 0.1) is 13.8 Å². The van der Waals surface area contributed by atoms with E-state index in [0.717, 1.165) is 43.4 Å². The van der Waals surface area contributed by atoms with Crippen LogP contribution in [0.5, 0.6) is 0 Å². The van der Waals surface area contributed by atoms with Crippen molar-refractivity contribution in [3.63, 3.8) is 0 Å². The zero-order chi connectivity index (χ0) is 17.6. The number of nitrogens with zero attached hydrogens (tertiary/aromatic N) is 4. The van der Waals surface area contributed by atoms with E-state index in [1.807, 2.05) is 23.9 Å². The quantitative estimate of drug-likeness (QED) is 0.806. The first kappa shape index (κ1) is 17.9. The molecule has 136 valence electrons. The van der Waals surface area contributed by atoms with Crippen molar-refractivity contribution in [1.82, 2.24) is 20.1 Å². The Morgan fingerprint density at radius 1 is 1.16 bits per heavy atom. The highest BCUT2D eigenvalue weighted by Crippen LogP contribution is 2.21. The van der Waals surface area contributed by atoms with Crippen molar-refractivity contribution in [2.24, 2.45) is 0 Å². The van der Waals surface area contributed by atoms with Gasteiger partial charge >= 0.3 is 0 Å². The third kappa shape index (κ3) is 4.19. The van der Waals surface area contributed by atoms with Gasteiger partial charge < -0.3 is 15.3 Å². The number of nitrogens with one attached hydrogen (secondary N) is 1. The summed E-state index contributed by atoms with van der Waals surface area (Å²) in [6.45, 7) is 8.54. The van der Waals surface area contributed by atoms with Gasteiger partial charge in [-0.25, -0.2) is 4.98 Å². The molecule has 0 spiro atoms. The van der Waals surface area contributed by atoms with E-state index in [-0.39, 0.29) is 6.61 Å². The number of aryl methyl sites for hydroxylation is 1. The highest BCUT2D eigenvalue weighted by Gasteiger charge is 2.16. The number of anilines is 1. The maximum atomic E-state index is 9.14. The second-order valence-corrected chi connectivity index (χ2v) is 6.73. The van der Waals surface area contributed by atoms with Crippen LogP contribution in [0.3, 0.4) is 0 Å². The van der Waals surface area contributed by atoms with Gasteiger partial charge in [-0.15, -0.1) is 0 Å². The molecule has 1 fully saturated rings. The van der Waals surface area contributed by atoms with Crippen LogP contribution >= 0.6 is 0 Å². The van der Waals surface area contributed by atoms with Crippen molar-refractivity contribution >= 4 is 5.82 Å². The molecule has 3 heterocycles. The Balaban J connectivity index is 1.65. The van der Waals surface area contributed by atoms with Crippen molar-refractivity contribution in [2.45, 2.75) is 52.7 Å². The Kier molecular flexibility index (Phi) is 6.04. The summed E-state index contributed by atoms with van der Waals surface area (Å²) in [5.41, 5.74) is 4.63. The molecule has 1 aliphatic heterocycles. The Morgan fingerprint density at radius 2 is 1.96 bits per heavy atom. The Hall–Kier alpha value is -1.92. The monoisotopic (exact) mass is 343 g/mol. The van der Waals surface area contributed by atoms with Crippen LogP contribution in [0.1, 0.15) is 41.8 Å². The molecule has 0 radical (unpaired) electrons. The minimum absolute atomic E-state index is 0.115. The molecule has 0 saturated carbocycles. The number of aliphatic hydroxyl groups is 1. The van der Waals surface area contributed by atoms with Gasteiger partial charge in [-0.05, 0) is 39.2 Å². The smallest absolute Gasteiger partial charge is 0.133 e. The van der Waals surface area contributed by atoms with Crippen molar-refractivity contribution in [3.8, 4) is 0 Å². The molecule has 0 aliphatic carbocycles. The number of piperidine rings is 1. The largest absolute Gasteiger partial charge is 0.394 e. The van der Waals surface area contributed by atoms with Crippen molar-refractivity contribution in [1.29, 1.82) is 0 Å². The van der Waals surface area contributed by atoms with Crippen LogP contribution < -0.4 is 10.2 Å². The summed E-state index contributed by atoms with van der Waals surface area (Å²) in [4.78, 5) is 7.05. The summed E-state index contributed by atoms with van der Waals surface area (Å²) in [5.74, 6) is 1.12. The minimum Gasteiger partial charge on any atom is -0.394 e. The zero-order valence-corrected chi connectivity index (χ0v) is 15.3. The van der Waals surface area contributed by atoms with E-state index in [9.17, 15) is 0 Å². The van der Waals surface area contributed by atoms with Crippen LogP contribution in [-0.2, 0) is 19.6 Å². The Bertz CT molecular complexity index is 691. The van der Waals surface area contributed by atoms with Gasteiger partial charge in [0.05, 0.1) is 18.8 Å². The predicted molar refractivity (Wildman–Crippen MR) is 99.6 cm³/mol. The summed E-state index contributed by atoms with van der Waals surface area (Å²) in [6, 6.07) is 4.18. The molecule has 0 atom stereocenters. The molecule has 1 saturated heterocycles. The first-order valence-corrected chi connectivity index (χ1v) is 9.24. The molecule has 25 heavy (non-hydrogen) atoms. The van der Waals surface area contributed by atoms with Crippen LogP contribution in [-0.4, -0.2) is 39.6 Å². The van der Waals surface area contributed by atoms with Gasteiger partial charge in [0.2, 0.25) is 0 Å². The van der Waals surface area contributed by atoms with E-state index in [0.29, 0.717) is 6.54 Å². The third-order valence-electron chi connectivity index (χ3n) is 4.98. The lowest BCUT2D eigenvalue weighted by atomic mass is 10.1. The average Bonchev–Trinajstić information content (AvgIpc) is 2.91. The average molecular weight is 343 g/mol. The molecule has 6 heteroatoms. The second-order valence-electron chi connectivity index (χ2n) is 6.73. The van der Waals surface area contributed by atoms with Crippen LogP contribution in [0.15, 0.2) is 18.3 Å². The predicted octanol–water partition coefficient (Wildman–Crippen LogP) is 2.17. The number of hydrogen-bond acceptors (Lipinski definition) is 5. The first-order valence-electron chi connectivity index (χ1n) is 9.24. The lowest BCUT2D eigenvalue weighted by Gasteiger charge is -2.29. The number of pyridine rings is 1. The summed E-state index contributed by atoms with van der Waals surface area (Å²) in [5, 5.41) is 17.2. The number of hydrogen-bond donors (Lipinski definition) is 2. The normalized spacial score (nSPS) is 14.9. The summed E-state index contributed by atoms with van der Waals surface area (Å²) in [7, 11) is 0. The molecule has 2 N–H and O–H groups in total. The lowest BCUT2D eigenvalue weighted by Crippen LogP contribution is -2.31. The molecular weight excluding hydrogens is 314 g/mol. The van der Waals surface area contributed by atoms with Gasteiger partial charge in [-0.2, -0.15) is 5.10 Å². The molecule has 2 aromatic rings. The van der Waals surface area contributed by atoms with Gasteiger partial charge in [0.1, 0.15) is 5.82 Å². The molecule has 1 aliphatic rings. The van der Waals surface area contributed by atoms with Crippen LogP contribution in [0.25, 0.3) is 0 Å². The Morgan fingerprint density at radius 3 is 2.72 bits per heavy atom. The molecule has 6 nitrogen and oxygen atoms in total. The summed E-state index contributed by atoms with van der Waals surface area (Å²) < 4.78 is 1.88. The van der Waals surface area contributed by atoms with Gasteiger partial charge in [-0.1, -0.05) is 6.07 Å². The molecular formula is C19H29N5O. The van der Waals surface area contributed by atoms with E-state index in [2.05, 4.69) is 33.3 Å². The zero-order valence-electron chi connectivity index (χ0n) is 15.3. The van der Waals surface area contributed by atoms with Crippen LogP contribution in [0.2, 0.25) is 0 Å². The maximum Gasteiger partial charge on any atom is 0.133 e. The van der Waals surface area contributed by atoms with Crippen molar-refractivity contribution in [2.75, 3.05) is 24.6 Å². The summed E-state index contributed by atoms with van der Waals surface area (Å²) in [6.07, 6.45) is 5.73. The maximum absolute atomic E-state index is 9.14. The topological polar surface area (TPSA) is 66.2 Å². The highest BCUT2D eigenvalue weighted by atomic mass is 16.3. The molecule has 0 bridgehead atoms. The van der Waals surface area contributed by atoms with E-state index in [4.69, 9.17) is 5.11 Å². The molecule has 3 rings (SSSR count). The van der Waals surface area contributed by atoms with Gasteiger partial charge in [0.15, 0.2) is 0 Å². The minimum atomic E-state index is 0.115. The fraction of sp³-hybridized carbons (Fsp3) is 0.579. The lowest BCUT2D eigenvalue weighted by molar-refractivity contribution is 0.267. The van der Waals surface area contributed by atoms with Gasteiger partial charge in [-0.3, -0.25) is 4.68 Å². The molecule has 0 amide bonds. The SMILES string of the molecule is Cc1nn(CCO)c(C)c1CNCc1cccnc1N1CCCCC1. The second kappa shape index (κ2) is 8.45. The first-order chi connectivity index (χ1) is 12.2. The third-order valence-corrected chi connectivity index (χ3v) is 4.98. The van der Waals surface area contributed by atoms with Crippen LogP contribution in [0.4, 0.5) is 5.82 Å². The Labute approximate surface area is 149 Å². The van der Waals surface area contributed by atoms with Gasteiger partial charge in [0, 0.05) is 49.2 Å². The van der Waals surface area contributed by atoms with Gasteiger partial charge in [0.25, 0.3) is 0 Å². The van der Waals surface area contributed by atoms with E-state index in [1.54, 1.807) is 0 Å². The van der Waals surface area contributed by atoms with Crippen molar-refractivity contribution < 1.29 is 5.11 Å². The molecule has 2 aromatic heterocycles. The fourth-order valence-electron chi connectivity index (χ4n) is 3.58. The number of aromatic nitrogens is 3. The molecule has 0 aromatic carbocycles. The standard InChI is InChI=1S/C19H29N5O/c1-15-18(16(2)24(22-15)11-12-25)14-20-13-17-7-6-8-21-19(17)23-9-4-3-5-10-23/h6-8,20,25H,3-5,9-14H2,1-2H3. The summed E-state index contributed by atoms with van der Waals surface area (Å²) >= 11 is 0. The highest BCUT2D eigenvalue weighted by molar-refractivity contribution is 5.47. The van der Waals surface area contributed by atoms with Crippen molar-refractivity contribution in [3.05, 3.63) is 40.8 Å². The van der Waals surface area contributed by atoms with E-state index >= 15 is 0 Å². The number of aliphatic hydroxyl groups excluding tert-OH is 1. The number of rotatable bonds is 7. The van der Waals surface area contributed by atoms with E-state index in [1.165, 1.54) is 30.4 Å². The molecule has 0 unspecified atom stereocenters. The van der Waals surface area contributed by atoms with E-state index < -0.39 is 0 Å². The fourth-order valence-corrected chi connectivity index (χ4v) is 3.58.